The molecule has 1 amide bonds. The number of amides is 1. The zero-order valence-corrected chi connectivity index (χ0v) is 22.7. The largest absolute Gasteiger partial charge is 0.497 e. The van der Waals surface area contributed by atoms with Crippen LogP contribution in [0.3, 0.4) is 0 Å². The van der Waals surface area contributed by atoms with Gasteiger partial charge in [0.15, 0.2) is 0 Å². The first-order valence-corrected chi connectivity index (χ1v) is 13.0. The SMILES string of the molecule is COc1cc(Nc2nc3cc(Oc4ccnc(C(=O)NCCC5CCCN5C)c4)ccc3n2C)cc(OC)c1. The Kier molecular flexibility index (Phi) is 7.83. The topological polar surface area (TPSA) is 103 Å². The lowest BCUT2D eigenvalue weighted by Crippen LogP contribution is -2.32. The van der Waals surface area contributed by atoms with E-state index in [1.165, 1.54) is 12.8 Å². The summed E-state index contributed by atoms with van der Waals surface area (Å²) in [4.78, 5) is 24.0. The van der Waals surface area contributed by atoms with Gasteiger partial charge in [-0.2, -0.15) is 0 Å². The van der Waals surface area contributed by atoms with E-state index in [1.807, 2.05) is 48.0 Å². The third-order valence-electron chi connectivity index (χ3n) is 7.09. The highest BCUT2D eigenvalue weighted by molar-refractivity contribution is 5.92. The minimum absolute atomic E-state index is 0.203. The lowest BCUT2D eigenvalue weighted by Gasteiger charge is -2.19. The fourth-order valence-corrected chi connectivity index (χ4v) is 4.89. The van der Waals surface area contributed by atoms with Crippen LogP contribution in [0.25, 0.3) is 11.0 Å². The Morgan fingerprint density at radius 3 is 2.49 bits per heavy atom. The minimum Gasteiger partial charge on any atom is -0.497 e. The number of rotatable bonds is 10. The number of ether oxygens (including phenoxy) is 3. The number of anilines is 2. The zero-order valence-electron chi connectivity index (χ0n) is 22.7. The van der Waals surface area contributed by atoms with Crippen molar-refractivity contribution in [3.05, 3.63) is 60.4 Å². The number of aryl methyl sites for hydroxylation is 1. The summed E-state index contributed by atoms with van der Waals surface area (Å²) >= 11 is 0. The van der Waals surface area contributed by atoms with Crippen molar-refractivity contribution in [3.63, 3.8) is 0 Å². The van der Waals surface area contributed by atoms with E-state index in [4.69, 9.17) is 19.2 Å². The van der Waals surface area contributed by atoms with Gasteiger partial charge in [0.05, 0.1) is 25.3 Å². The Bertz CT molecular complexity index is 1450. The zero-order chi connectivity index (χ0) is 27.4. The van der Waals surface area contributed by atoms with Crippen molar-refractivity contribution in [1.82, 2.24) is 24.8 Å². The lowest BCUT2D eigenvalue weighted by molar-refractivity contribution is 0.0945. The van der Waals surface area contributed by atoms with Gasteiger partial charge in [0.25, 0.3) is 5.91 Å². The molecular weight excluding hydrogens is 496 g/mol. The highest BCUT2D eigenvalue weighted by Gasteiger charge is 2.20. The maximum Gasteiger partial charge on any atom is 0.270 e. The summed E-state index contributed by atoms with van der Waals surface area (Å²) in [5.74, 6) is 2.95. The van der Waals surface area contributed by atoms with E-state index in [1.54, 1.807) is 32.5 Å². The number of carbonyl (C=O) groups excluding carboxylic acids is 1. The molecule has 1 saturated heterocycles. The molecule has 3 heterocycles. The molecule has 1 unspecified atom stereocenters. The van der Waals surface area contributed by atoms with Gasteiger partial charge in [-0.3, -0.25) is 9.78 Å². The van der Waals surface area contributed by atoms with Crippen molar-refractivity contribution in [2.75, 3.05) is 39.7 Å². The van der Waals surface area contributed by atoms with E-state index in [0.717, 1.165) is 29.7 Å². The molecule has 2 aromatic carbocycles. The third kappa shape index (κ3) is 6.06. The van der Waals surface area contributed by atoms with Crippen molar-refractivity contribution in [1.29, 1.82) is 0 Å². The first-order valence-electron chi connectivity index (χ1n) is 13.0. The maximum absolute atomic E-state index is 12.7. The molecule has 1 atom stereocenters. The highest BCUT2D eigenvalue weighted by Crippen LogP contribution is 2.31. The quantitative estimate of drug-likeness (QED) is 0.303. The van der Waals surface area contributed by atoms with Crippen molar-refractivity contribution in [2.45, 2.75) is 25.3 Å². The molecule has 5 rings (SSSR count). The molecule has 204 valence electrons. The first kappa shape index (κ1) is 26.3. The highest BCUT2D eigenvalue weighted by atomic mass is 16.5. The Labute approximate surface area is 227 Å². The Hall–Kier alpha value is -4.31. The molecule has 0 spiro atoms. The summed E-state index contributed by atoms with van der Waals surface area (Å²) in [6, 6.07) is 15.2. The van der Waals surface area contributed by atoms with Crippen molar-refractivity contribution in [2.24, 2.45) is 7.05 Å². The van der Waals surface area contributed by atoms with E-state index in [2.05, 4.69) is 27.6 Å². The van der Waals surface area contributed by atoms with Gasteiger partial charge in [0.2, 0.25) is 5.95 Å². The van der Waals surface area contributed by atoms with E-state index in [9.17, 15) is 4.79 Å². The molecular formula is C29H34N6O4. The second kappa shape index (κ2) is 11.6. The number of hydrogen-bond donors (Lipinski definition) is 2. The van der Waals surface area contributed by atoms with Crippen LogP contribution < -0.4 is 24.8 Å². The van der Waals surface area contributed by atoms with E-state index >= 15 is 0 Å². The number of likely N-dealkylation sites (tertiary alicyclic amines) is 1. The number of nitrogens with one attached hydrogen (secondary N) is 2. The Morgan fingerprint density at radius 1 is 1.00 bits per heavy atom. The molecule has 10 nitrogen and oxygen atoms in total. The number of methoxy groups -OCH3 is 2. The number of benzene rings is 2. The molecule has 39 heavy (non-hydrogen) atoms. The van der Waals surface area contributed by atoms with Crippen LogP contribution in [-0.4, -0.2) is 65.7 Å². The van der Waals surface area contributed by atoms with Crippen LogP contribution in [0.1, 0.15) is 29.8 Å². The van der Waals surface area contributed by atoms with Crippen LogP contribution in [0.2, 0.25) is 0 Å². The molecule has 1 aliphatic rings. The van der Waals surface area contributed by atoms with Gasteiger partial charge in [-0.15, -0.1) is 0 Å². The normalized spacial score (nSPS) is 15.3. The lowest BCUT2D eigenvalue weighted by atomic mass is 10.1. The fourth-order valence-electron chi connectivity index (χ4n) is 4.89. The summed E-state index contributed by atoms with van der Waals surface area (Å²) in [5, 5.41) is 6.32. The van der Waals surface area contributed by atoms with Gasteiger partial charge >= 0.3 is 0 Å². The van der Waals surface area contributed by atoms with E-state index in [0.29, 0.717) is 47.2 Å². The number of carbonyl (C=O) groups is 1. The van der Waals surface area contributed by atoms with Crippen molar-refractivity contribution in [3.8, 4) is 23.0 Å². The number of fused-ring (bicyclic) bond motifs is 1. The summed E-state index contributed by atoms with van der Waals surface area (Å²) in [6.45, 7) is 1.75. The van der Waals surface area contributed by atoms with E-state index < -0.39 is 0 Å². The van der Waals surface area contributed by atoms with Gasteiger partial charge in [0.1, 0.15) is 28.7 Å². The first-order chi connectivity index (χ1) is 18.9. The molecule has 10 heteroatoms. The molecule has 1 aliphatic heterocycles. The molecule has 2 N–H and O–H groups in total. The predicted molar refractivity (Wildman–Crippen MR) is 150 cm³/mol. The fraction of sp³-hybridized carbons (Fsp3) is 0.345. The molecule has 0 aliphatic carbocycles. The van der Waals surface area contributed by atoms with E-state index in [-0.39, 0.29) is 5.91 Å². The third-order valence-corrected chi connectivity index (χ3v) is 7.09. The van der Waals surface area contributed by atoms with Crippen molar-refractivity contribution < 1.29 is 19.0 Å². The molecule has 4 aromatic rings. The van der Waals surface area contributed by atoms with Crippen LogP contribution in [-0.2, 0) is 7.05 Å². The van der Waals surface area contributed by atoms with Crippen LogP contribution in [0.15, 0.2) is 54.7 Å². The molecule has 1 fully saturated rings. The van der Waals surface area contributed by atoms with Crippen LogP contribution >= 0.6 is 0 Å². The second-order valence-electron chi connectivity index (χ2n) is 9.67. The maximum atomic E-state index is 12.7. The van der Waals surface area contributed by atoms with Gasteiger partial charge in [-0.1, -0.05) is 0 Å². The average Bonchev–Trinajstić information content (AvgIpc) is 3.49. The molecule has 2 aromatic heterocycles. The summed E-state index contributed by atoms with van der Waals surface area (Å²) in [6.07, 6.45) is 4.92. The van der Waals surface area contributed by atoms with Gasteiger partial charge < -0.3 is 34.3 Å². The van der Waals surface area contributed by atoms with Crippen LogP contribution in [0, 0.1) is 0 Å². The number of nitrogens with zero attached hydrogens (tertiary/aromatic N) is 4. The summed E-state index contributed by atoms with van der Waals surface area (Å²) < 4.78 is 18.8. The molecule has 0 radical (unpaired) electrons. The van der Waals surface area contributed by atoms with Crippen LogP contribution in [0.5, 0.6) is 23.0 Å². The Balaban J connectivity index is 1.26. The summed E-state index contributed by atoms with van der Waals surface area (Å²) in [7, 11) is 7.31. The number of aromatic nitrogens is 3. The van der Waals surface area contributed by atoms with Crippen LogP contribution in [0.4, 0.5) is 11.6 Å². The molecule has 0 bridgehead atoms. The molecule has 0 saturated carbocycles. The van der Waals surface area contributed by atoms with Gasteiger partial charge in [-0.05, 0) is 51.1 Å². The summed E-state index contributed by atoms with van der Waals surface area (Å²) in [5.41, 5.74) is 2.81. The monoisotopic (exact) mass is 530 g/mol. The number of pyridine rings is 1. The predicted octanol–water partition coefficient (Wildman–Crippen LogP) is 4.74. The standard InChI is InChI=1S/C29H34N6O4/c1-34-13-5-6-20(34)9-11-31-28(36)26-18-22(10-12-30-26)39-21-7-8-27-25(17-21)33-29(35(27)2)32-19-14-23(37-3)16-24(15-19)38-4/h7-8,10,12,14-18,20H,5-6,9,11,13H2,1-4H3,(H,31,36)(H,32,33). The Morgan fingerprint density at radius 2 is 1.77 bits per heavy atom. The van der Waals surface area contributed by atoms with Gasteiger partial charge in [-0.25, -0.2) is 4.98 Å². The van der Waals surface area contributed by atoms with Gasteiger partial charge in [0, 0.05) is 61.9 Å². The van der Waals surface area contributed by atoms with Crippen molar-refractivity contribution >= 4 is 28.6 Å². The smallest absolute Gasteiger partial charge is 0.270 e. The number of imidazole rings is 1. The second-order valence-corrected chi connectivity index (χ2v) is 9.67. The average molecular weight is 531 g/mol. The number of hydrogen-bond acceptors (Lipinski definition) is 8. The minimum atomic E-state index is -0.203.